The molecule has 84 valence electrons. The minimum absolute atomic E-state index is 0.0945. The van der Waals surface area contributed by atoms with Gasteiger partial charge in [0.2, 0.25) is 5.90 Å². The van der Waals surface area contributed by atoms with Gasteiger partial charge in [0.25, 0.3) is 0 Å². The van der Waals surface area contributed by atoms with E-state index < -0.39 is 0 Å². The van der Waals surface area contributed by atoms with Gasteiger partial charge in [-0.2, -0.15) is 0 Å². The predicted octanol–water partition coefficient (Wildman–Crippen LogP) is 0.973. The molecule has 5 heteroatoms. The Morgan fingerprint density at radius 2 is 2.12 bits per heavy atom. The summed E-state index contributed by atoms with van der Waals surface area (Å²) in [6, 6.07) is 7.09. The summed E-state index contributed by atoms with van der Waals surface area (Å²) >= 11 is 0. The fourth-order valence-corrected chi connectivity index (χ4v) is 1.28. The molecule has 1 aromatic carbocycles. The smallest absolute Gasteiger partial charge is 0.334 e. The minimum atomic E-state index is -0.324. The first-order chi connectivity index (χ1) is 7.79. The van der Waals surface area contributed by atoms with Crippen LogP contribution < -0.4 is 4.74 Å². The van der Waals surface area contributed by atoms with Gasteiger partial charge in [0.1, 0.15) is 12.3 Å². The zero-order valence-corrected chi connectivity index (χ0v) is 8.80. The molecule has 1 aliphatic rings. The maximum atomic E-state index is 10.9. The number of carbonyl (C=O) groups excluding carboxylic acids is 1. The Hall–Kier alpha value is -1.88. The molecule has 5 nitrogen and oxygen atoms in total. The van der Waals surface area contributed by atoms with Crippen LogP contribution in [0.3, 0.4) is 0 Å². The van der Waals surface area contributed by atoms with Crippen molar-refractivity contribution in [3.05, 3.63) is 29.8 Å². The lowest BCUT2D eigenvalue weighted by Gasteiger charge is -2.05. The van der Waals surface area contributed by atoms with Gasteiger partial charge in [-0.05, 0) is 24.3 Å². The van der Waals surface area contributed by atoms with E-state index in [9.17, 15) is 4.79 Å². The van der Waals surface area contributed by atoms with Crippen molar-refractivity contribution >= 4 is 11.9 Å². The third kappa shape index (κ3) is 2.38. The number of ether oxygens (including phenoxy) is 3. The highest BCUT2D eigenvalue weighted by Gasteiger charge is 2.17. The van der Waals surface area contributed by atoms with Crippen LogP contribution in [0.25, 0.3) is 0 Å². The van der Waals surface area contributed by atoms with E-state index in [1.165, 1.54) is 0 Å². The fraction of sp³-hybridized carbons (Fsp3) is 0.273. The second-order valence-corrected chi connectivity index (χ2v) is 3.17. The summed E-state index contributed by atoms with van der Waals surface area (Å²) in [7, 11) is 1.56. The molecular weight excluding hydrogens is 210 g/mol. The lowest BCUT2D eigenvalue weighted by molar-refractivity contribution is -0.132. The first-order valence-electron chi connectivity index (χ1n) is 4.77. The lowest BCUT2D eigenvalue weighted by atomic mass is 10.2. The summed E-state index contributed by atoms with van der Waals surface area (Å²) in [6.45, 7) is 0.298. The molecule has 0 saturated carbocycles. The van der Waals surface area contributed by atoms with Crippen LogP contribution in [0.2, 0.25) is 0 Å². The molecule has 0 saturated heterocycles. The van der Waals surface area contributed by atoms with Crippen molar-refractivity contribution in [2.45, 2.75) is 0 Å². The van der Waals surface area contributed by atoms with E-state index in [-0.39, 0.29) is 19.3 Å². The number of cyclic esters (lactones) is 1. The first-order valence-corrected chi connectivity index (χ1v) is 4.77. The summed E-state index contributed by atoms with van der Waals surface area (Å²) in [5.74, 6) is 0.730. The van der Waals surface area contributed by atoms with Crippen LogP contribution in [0.5, 0.6) is 5.75 Å². The third-order valence-corrected chi connectivity index (χ3v) is 2.01. The lowest BCUT2D eigenvalue weighted by Crippen LogP contribution is -2.05. The van der Waals surface area contributed by atoms with Crippen molar-refractivity contribution in [1.82, 2.24) is 0 Å². The van der Waals surface area contributed by atoms with Crippen LogP contribution in [-0.4, -0.2) is 32.3 Å². The van der Waals surface area contributed by atoms with Crippen molar-refractivity contribution in [3.63, 3.8) is 0 Å². The molecule has 0 N–H and O–H groups in total. The molecule has 1 aliphatic heterocycles. The average molecular weight is 221 g/mol. The number of hydrogen-bond acceptors (Lipinski definition) is 5. The van der Waals surface area contributed by atoms with E-state index in [1.54, 1.807) is 31.4 Å². The Kier molecular flexibility index (Phi) is 3.16. The van der Waals surface area contributed by atoms with E-state index in [2.05, 4.69) is 4.99 Å². The minimum Gasteiger partial charge on any atom is -0.468 e. The van der Waals surface area contributed by atoms with Gasteiger partial charge < -0.3 is 14.2 Å². The first kappa shape index (κ1) is 10.6. The van der Waals surface area contributed by atoms with Crippen LogP contribution in [0.4, 0.5) is 0 Å². The summed E-state index contributed by atoms with van der Waals surface area (Å²) in [5.41, 5.74) is 0.760. The third-order valence-electron chi connectivity index (χ3n) is 2.01. The Bertz CT molecular complexity index is 410. The van der Waals surface area contributed by atoms with Crippen molar-refractivity contribution in [2.24, 2.45) is 4.99 Å². The second kappa shape index (κ2) is 4.76. The molecule has 0 spiro atoms. The molecule has 1 heterocycles. The number of methoxy groups -OCH3 is 1. The number of carbonyl (C=O) groups is 1. The summed E-state index contributed by atoms with van der Waals surface area (Å²) in [5, 5.41) is 0. The molecule has 0 unspecified atom stereocenters. The normalized spacial score (nSPS) is 14.6. The maximum Gasteiger partial charge on any atom is 0.334 e. The van der Waals surface area contributed by atoms with Crippen LogP contribution in [0.1, 0.15) is 5.56 Å². The highest BCUT2D eigenvalue weighted by atomic mass is 16.7. The summed E-state index contributed by atoms with van der Waals surface area (Å²) < 4.78 is 14.9. The van der Waals surface area contributed by atoms with Gasteiger partial charge in [-0.15, -0.1) is 0 Å². The van der Waals surface area contributed by atoms with Crippen molar-refractivity contribution in [3.8, 4) is 5.75 Å². The van der Waals surface area contributed by atoms with E-state index in [1.807, 2.05) is 0 Å². The van der Waals surface area contributed by atoms with Gasteiger partial charge in [0.05, 0.1) is 0 Å². The van der Waals surface area contributed by atoms with E-state index in [0.29, 0.717) is 11.6 Å². The van der Waals surface area contributed by atoms with Gasteiger partial charge in [-0.25, -0.2) is 9.79 Å². The van der Waals surface area contributed by atoms with E-state index in [4.69, 9.17) is 14.2 Å². The Balaban J connectivity index is 2.05. The van der Waals surface area contributed by atoms with Gasteiger partial charge in [-0.1, -0.05) is 0 Å². The molecule has 1 aromatic rings. The van der Waals surface area contributed by atoms with Crippen molar-refractivity contribution < 1.29 is 19.0 Å². The summed E-state index contributed by atoms with van der Waals surface area (Å²) in [6.07, 6.45) is 0. The number of benzene rings is 1. The van der Waals surface area contributed by atoms with Crippen molar-refractivity contribution in [2.75, 3.05) is 20.4 Å². The number of nitrogens with zero attached hydrogens (tertiary/aromatic N) is 1. The number of esters is 1. The molecule has 0 bridgehead atoms. The maximum absolute atomic E-state index is 10.9. The summed E-state index contributed by atoms with van der Waals surface area (Å²) in [4.78, 5) is 14.8. The largest absolute Gasteiger partial charge is 0.468 e. The quantitative estimate of drug-likeness (QED) is 0.561. The monoisotopic (exact) mass is 221 g/mol. The fourth-order valence-electron chi connectivity index (χ4n) is 1.28. The molecule has 0 aliphatic carbocycles. The van der Waals surface area contributed by atoms with Crippen LogP contribution in [0.15, 0.2) is 29.3 Å². The Morgan fingerprint density at radius 3 is 2.69 bits per heavy atom. The molecule has 0 amide bonds. The Labute approximate surface area is 92.6 Å². The zero-order valence-electron chi connectivity index (χ0n) is 8.80. The highest BCUT2D eigenvalue weighted by Crippen LogP contribution is 2.15. The molecule has 0 aromatic heterocycles. The molecule has 2 rings (SSSR count). The van der Waals surface area contributed by atoms with Crippen molar-refractivity contribution in [1.29, 1.82) is 0 Å². The van der Waals surface area contributed by atoms with E-state index in [0.717, 1.165) is 5.56 Å². The second-order valence-electron chi connectivity index (χ2n) is 3.17. The SMILES string of the molecule is COCOc1ccc(C2=NCC(=O)O2)cc1. The average Bonchev–Trinajstić information content (AvgIpc) is 2.74. The van der Waals surface area contributed by atoms with Gasteiger partial charge in [0, 0.05) is 12.7 Å². The molecule has 16 heavy (non-hydrogen) atoms. The van der Waals surface area contributed by atoms with Gasteiger partial charge in [0.15, 0.2) is 6.79 Å². The van der Waals surface area contributed by atoms with Crippen LogP contribution in [0, 0.1) is 0 Å². The number of hydrogen-bond donors (Lipinski definition) is 0. The van der Waals surface area contributed by atoms with Crippen LogP contribution in [-0.2, 0) is 14.3 Å². The topological polar surface area (TPSA) is 57.1 Å². The molecule has 0 atom stereocenters. The molecule has 0 radical (unpaired) electrons. The number of aliphatic imine (C=N–C) groups is 1. The predicted molar refractivity (Wildman–Crippen MR) is 56.4 cm³/mol. The van der Waals surface area contributed by atoms with Gasteiger partial charge >= 0.3 is 5.97 Å². The number of rotatable bonds is 4. The highest BCUT2D eigenvalue weighted by molar-refractivity contribution is 6.04. The van der Waals surface area contributed by atoms with Crippen LogP contribution >= 0.6 is 0 Å². The Morgan fingerprint density at radius 1 is 1.38 bits per heavy atom. The molecular formula is C11H11NO4. The zero-order chi connectivity index (χ0) is 11.4. The van der Waals surface area contributed by atoms with Gasteiger partial charge in [-0.3, -0.25) is 0 Å². The molecule has 0 fully saturated rings. The van der Waals surface area contributed by atoms with E-state index >= 15 is 0 Å². The standard InChI is InChI=1S/C11H11NO4/c1-14-7-15-9-4-2-8(3-5-9)11-12-6-10(13)16-11/h2-5H,6-7H2,1H3.